The predicted octanol–water partition coefficient (Wildman–Crippen LogP) is 3.87. The molecule has 0 amide bonds. The fourth-order valence-corrected chi connectivity index (χ4v) is 2.11. The summed E-state index contributed by atoms with van der Waals surface area (Å²) in [6.07, 6.45) is 3.34. The zero-order valence-corrected chi connectivity index (χ0v) is 11.4. The monoisotopic (exact) mass is 231 g/mol. The van der Waals surface area contributed by atoms with Gasteiger partial charge in [-0.1, -0.05) is 42.3 Å². The first-order chi connectivity index (χ1) is 8.11. The Morgan fingerprint density at radius 3 is 2.76 bits per heavy atom. The molecule has 0 aromatic heterocycles. The van der Waals surface area contributed by atoms with E-state index in [1.807, 2.05) is 0 Å². The van der Waals surface area contributed by atoms with Gasteiger partial charge in [0.1, 0.15) is 0 Å². The highest BCUT2D eigenvalue weighted by Gasteiger charge is 2.08. The third-order valence-electron chi connectivity index (χ3n) is 2.84. The SMILES string of the molecule is C=C(C)CC(Cc1cccc(C)c1)NCCC. The minimum atomic E-state index is 0.522. The second-order valence-electron chi connectivity index (χ2n) is 5.01. The lowest BCUT2D eigenvalue weighted by atomic mass is 9.99. The first-order valence-corrected chi connectivity index (χ1v) is 6.55. The molecule has 0 aliphatic rings. The molecule has 1 heteroatoms. The normalized spacial score (nSPS) is 12.4. The van der Waals surface area contributed by atoms with Gasteiger partial charge in [0.05, 0.1) is 0 Å². The Labute approximate surface area is 106 Å². The first-order valence-electron chi connectivity index (χ1n) is 6.55. The van der Waals surface area contributed by atoms with Crippen molar-refractivity contribution in [2.24, 2.45) is 0 Å². The predicted molar refractivity (Wildman–Crippen MR) is 76.4 cm³/mol. The molecule has 17 heavy (non-hydrogen) atoms. The smallest absolute Gasteiger partial charge is 0.0144 e. The molecule has 0 fully saturated rings. The third kappa shape index (κ3) is 5.69. The van der Waals surface area contributed by atoms with Gasteiger partial charge in [0.2, 0.25) is 0 Å². The minimum absolute atomic E-state index is 0.522. The summed E-state index contributed by atoms with van der Waals surface area (Å²) in [4.78, 5) is 0. The van der Waals surface area contributed by atoms with Crippen LogP contribution in [0, 0.1) is 6.92 Å². The Morgan fingerprint density at radius 1 is 1.41 bits per heavy atom. The fourth-order valence-electron chi connectivity index (χ4n) is 2.11. The van der Waals surface area contributed by atoms with E-state index in [1.165, 1.54) is 23.1 Å². The van der Waals surface area contributed by atoms with Crippen LogP contribution >= 0.6 is 0 Å². The molecule has 1 unspecified atom stereocenters. The summed E-state index contributed by atoms with van der Waals surface area (Å²) < 4.78 is 0. The molecule has 0 saturated carbocycles. The molecule has 1 N–H and O–H groups in total. The van der Waals surface area contributed by atoms with E-state index >= 15 is 0 Å². The van der Waals surface area contributed by atoms with E-state index in [2.05, 4.69) is 56.9 Å². The molecule has 1 nitrogen and oxygen atoms in total. The van der Waals surface area contributed by atoms with Gasteiger partial charge in [-0.25, -0.2) is 0 Å². The quantitative estimate of drug-likeness (QED) is 0.702. The molecule has 1 aromatic rings. The lowest BCUT2D eigenvalue weighted by Crippen LogP contribution is -2.32. The lowest BCUT2D eigenvalue weighted by Gasteiger charge is -2.19. The highest BCUT2D eigenvalue weighted by molar-refractivity contribution is 5.23. The van der Waals surface area contributed by atoms with Crippen LogP contribution in [-0.4, -0.2) is 12.6 Å². The van der Waals surface area contributed by atoms with Crippen LogP contribution in [0.3, 0.4) is 0 Å². The van der Waals surface area contributed by atoms with E-state index in [4.69, 9.17) is 0 Å². The van der Waals surface area contributed by atoms with Crippen molar-refractivity contribution in [3.05, 3.63) is 47.5 Å². The Kier molecular flexibility index (Phi) is 5.99. The van der Waals surface area contributed by atoms with E-state index in [0.29, 0.717) is 6.04 Å². The lowest BCUT2D eigenvalue weighted by molar-refractivity contribution is 0.503. The van der Waals surface area contributed by atoms with Crippen LogP contribution in [0.5, 0.6) is 0 Å². The zero-order valence-electron chi connectivity index (χ0n) is 11.4. The number of nitrogens with one attached hydrogen (secondary N) is 1. The van der Waals surface area contributed by atoms with E-state index in [0.717, 1.165) is 19.4 Å². The Morgan fingerprint density at radius 2 is 2.18 bits per heavy atom. The van der Waals surface area contributed by atoms with Gasteiger partial charge in [0.25, 0.3) is 0 Å². The molecule has 1 atom stereocenters. The van der Waals surface area contributed by atoms with Crippen LogP contribution in [0.1, 0.15) is 37.8 Å². The van der Waals surface area contributed by atoms with Crippen LogP contribution in [0.2, 0.25) is 0 Å². The summed E-state index contributed by atoms with van der Waals surface area (Å²) >= 11 is 0. The maximum Gasteiger partial charge on any atom is 0.0144 e. The van der Waals surface area contributed by atoms with Crippen molar-refractivity contribution in [3.63, 3.8) is 0 Å². The van der Waals surface area contributed by atoms with Gasteiger partial charge in [-0.05, 0) is 45.2 Å². The van der Waals surface area contributed by atoms with Crippen LogP contribution in [0.4, 0.5) is 0 Å². The average molecular weight is 231 g/mol. The number of rotatable bonds is 7. The largest absolute Gasteiger partial charge is 0.313 e. The van der Waals surface area contributed by atoms with Crippen molar-refractivity contribution >= 4 is 0 Å². The van der Waals surface area contributed by atoms with Crippen molar-refractivity contribution < 1.29 is 0 Å². The molecule has 0 aliphatic heterocycles. The summed E-state index contributed by atoms with van der Waals surface area (Å²) in [7, 11) is 0. The summed E-state index contributed by atoms with van der Waals surface area (Å²) in [6, 6.07) is 9.30. The summed E-state index contributed by atoms with van der Waals surface area (Å²) in [5.41, 5.74) is 4.01. The minimum Gasteiger partial charge on any atom is -0.313 e. The van der Waals surface area contributed by atoms with E-state index in [-0.39, 0.29) is 0 Å². The molecule has 0 radical (unpaired) electrons. The van der Waals surface area contributed by atoms with Crippen molar-refractivity contribution in [2.45, 2.75) is 46.1 Å². The Bertz CT molecular complexity index is 354. The number of hydrogen-bond donors (Lipinski definition) is 1. The van der Waals surface area contributed by atoms with Crippen molar-refractivity contribution in [2.75, 3.05) is 6.54 Å². The molecule has 0 saturated heterocycles. The van der Waals surface area contributed by atoms with Gasteiger partial charge in [0, 0.05) is 6.04 Å². The standard InChI is InChI=1S/C16H25N/c1-5-9-17-16(10-13(2)3)12-15-8-6-7-14(4)11-15/h6-8,11,16-17H,2,5,9-10,12H2,1,3-4H3. The van der Waals surface area contributed by atoms with Gasteiger partial charge < -0.3 is 5.32 Å². The highest BCUT2D eigenvalue weighted by Crippen LogP contribution is 2.11. The topological polar surface area (TPSA) is 12.0 Å². The third-order valence-corrected chi connectivity index (χ3v) is 2.84. The molecule has 94 valence electrons. The number of aryl methyl sites for hydroxylation is 1. The van der Waals surface area contributed by atoms with Crippen LogP contribution in [-0.2, 0) is 6.42 Å². The van der Waals surface area contributed by atoms with Crippen molar-refractivity contribution in [3.8, 4) is 0 Å². The van der Waals surface area contributed by atoms with Crippen LogP contribution in [0.15, 0.2) is 36.4 Å². The maximum atomic E-state index is 4.02. The molecule has 0 spiro atoms. The molecule has 0 bridgehead atoms. The Hall–Kier alpha value is -1.08. The Balaban J connectivity index is 2.61. The van der Waals surface area contributed by atoms with Gasteiger partial charge in [0.15, 0.2) is 0 Å². The number of hydrogen-bond acceptors (Lipinski definition) is 1. The molecule has 0 aliphatic carbocycles. The van der Waals surface area contributed by atoms with Crippen LogP contribution < -0.4 is 5.32 Å². The van der Waals surface area contributed by atoms with Crippen molar-refractivity contribution in [1.29, 1.82) is 0 Å². The van der Waals surface area contributed by atoms with Crippen LogP contribution in [0.25, 0.3) is 0 Å². The number of benzene rings is 1. The van der Waals surface area contributed by atoms with E-state index in [9.17, 15) is 0 Å². The molecular formula is C16H25N. The van der Waals surface area contributed by atoms with Crippen molar-refractivity contribution in [1.82, 2.24) is 5.32 Å². The fraction of sp³-hybridized carbons (Fsp3) is 0.500. The second kappa shape index (κ2) is 7.29. The van der Waals surface area contributed by atoms with Gasteiger partial charge in [-0.15, -0.1) is 6.58 Å². The van der Waals surface area contributed by atoms with Gasteiger partial charge >= 0.3 is 0 Å². The van der Waals surface area contributed by atoms with E-state index in [1.54, 1.807) is 0 Å². The summed E-state index contributed by atoms with van der Waals surface area (Å²) in [5.74, 6) is 0. The highest BCUT2D eigenvalue weighted by atomic mass is 14.9. The summed E-state index contributed by atoms with van der Waals surface area (Å²) in [5, 5.41) is 3.61. The average Bonchev–Trinajstić information content (AvgIpc) is 2.25. The first kappa shape index (κ1) is 14.0. The second-order valence-corrected chi connectivity index (χ2v) is 5.01. The molecule has 0 heterocycles. The molecule has 1 rings (SSSR count). The zero-order chi connectivity index (χ0) is 12.7. The van der Waals surface area contributed by atoms with E-state index < -0.39 is 0 Å². The van der Waals surface area contributed by atoms with Gasteiger partial charge in [-0.3, -0.25) is 0 Å². The molecule has 1 aromatic carbocycles. The summed E-state index contributed by atoms with van der Waals surface area (Å²) in [6.45, 7) is 11.6. The van der Waals surface area contributed by atoms with Gasteiger partial charge in [-0.2, -0.15) is 0 Å². The molecular weight excluding hydrogens is 206 g/mol. The maximum absolute atomic E-state index is 4.02.